The van der Waals surface area contributed by atoms with E-state index in [0.717, 1.165) is 18.0 Å². The molecule has 0 saturated carbocycles. The number of rotatable bonds is 4. The SMILES string of the molecule is CNCCc1csc(-c2ccc(C)s2)n1. The number of hydrogen-bond donors (Lipinski definition) is 1. The monoisotopic (exact) mass is 238 g/mol. The summed E-state index contributed by atoms with van der Waals surface area (Å²) in [5.41, 5.74) is 1.19. The van der Waals surface area contributed by atoms with E-state index in [1.807, 2.05) is 18.4 Å². The van der Waals surface area contributed by atoms with Gasteiger partial charge in [0, 0.05) is 23.2 Å². The molecule has 0 fully saturated rings. The number of thiophene rings is 1. The lowest BCUT2D eigenvalue weighted by molar-refractivity contribution is 0.781. The molecule has 2 rings (SSSR count). The van der Waals surface area contributed by atoms with Gasteiger partial charge < -0.3 is 5.32 Å². The lowest BCUT2D eigenvalue weighted by atomic mass is 10.3. The van der Waals surface area contributed by atoms with E-state index in [-0.39, 0.29) is 0 Å². The fourth-order valence-corrected chi connectivity index (χ4v) is 3.13. The third-order valence-electron chi connectivity index (χ3n) is 2.13. The minimum Gasteiger partial charge on any atom is -0.319 e. The first-order chi connectivity index (χ1) is 7.29. The van der Waals surface area contributed by atoms with E-state index in [2.05, 4.69) is 34.7 Å². The van der Waals surface area contributed by atoms with Crippen LogP contribution in [0, 0.1) is 6.92 Å². The van der Waals surface area contributed by atoms with Crippen LogP contribution >= 0.6 is 22.7 Å². The molecule has 0 aliphatic heterocycles. The largest absolute Gasteiger partial charge is 0.319 e. The molecule has 4 heteroatoms. The van der Waals surface area contributed by atoms with Gasteiger partial charge in [0.1, 0.15) is 5.01 Å². The Hall–Kier alpha value is -0.710. The average molecular weight is 238 g/mol. The summed E-state index contributed by atoms with van der Waals surface area (Å²) in [7, 11) is 1.97. The molecule has 0 radical (unpaired) electrons. The highest BCUT2D eigenvalue weighted by atomic mass is 32.1. The van der Waals surface area contributed by atoms with E-state index in [9.17, 15) is 0 Å². The molecule has 15 heavy (non-hydrogen) atoms. The number of aromatic nitrogens is 1. The molecule has 0 bridgehead atoms. The summed E-state index contributed by atoms with van der Waals surface area (Å²) in [5.74, 6) is 0. The Kier molecular flexibility index (Phi) is 3.51. The summed E-state index contributed by atoms with van der Waals surface area (Å²) in [4.78, 5) is 7.25. The molecule has 2 aromatic heterocycles. The molecular formula is C11H14N2S2. The lowest BCUT2D eigenvalue weighted by Crippen LogP contribution is -2.10. The molecule has 0 spiro atoms. The van der Waals surface area contributed by atoms with E-state index < -0.39 is 0 Å². The van der Waals surface area contributed by atoms with Gasteiger partial charge >= 0.3 is 0 Å². The Balaban J connectivity index is 2.13. The molecule has 2 aromatic rings. The van der Waals surface area contributed by atoms with Gasteiger partial charge in [-0.1, -0.05) is 0 Å². The number of nitrogens with zero attached hydrogens (tertiary/aromatic N) is 1. The van der Waals surface area contributed by atoms with Gasteiger partial charge in [0.2, 0.25) is 0 Å². The highest BCUT2D eigenvalue weighted by Crippen LogP contribution is 2.30. The van der Waals surface area contributed by atoms with Crippen molar-refractivity contribution in [3.05, 3.63) is 28.1 Å². The van der Waals surface area contributed by atoms with Crippen LogP contribution in [-0.4, -0.2) is 18.6 Å². The minimum atomic E-state index is 0.993. The third-order valence-corrected chi connectivity index (χ3v) is 4.20. The quantitative estimate of drug-likeness (QED) is 0.886. The molecule has 0 aliphatic carbocycles. The van der Waals surface area contributed by atoms with Crippen LogP contribution in [0.1, 0.15) is 10.6 Å². The van der Waals surface area contributed by atoms with Crippen LogP contribution in [0.4, 0.5) is 0 Å². The van der Waals surface area contributed by atoms with Crippen LogP contribution in [0.2, 0.25) is 0 Å². The van der Waals surface area contributed by atoms with Crippen molar-refractivity contribution >= 4 is 22.7 Å². The van der Waals surface area contributed by atoms with Crippen molar-refractivity contribution in [2.75, 3.05) is 13.6 Å². The van der Waals surface area contributed by atoms with Crippen LogP contribution in [0.15, 0.2) is 17.5 Å². The van der Waals surface area contributed by atoms with Crippen molar-refractivity contribution < 1.29 is 0 Å². The Labute approximate surface area is 98.0 Å². The normalized spacial score (nSPS) is 10.8. The first-order valence-electron chi connectivity index (χ1n) is 4.95. The van der Waals surface area contributed by atoms with Gasteiger partial charge in [0.25, 0.3) is 0 Å². The third kappa shape index (κ3) is 2.65. The zero-order valence-electron chi connectivity index (χ0n) is 8.91. The Morgan fingerprint density at radius 2 is 2.27 bits per heavy atom. The van der Waals surface area contributed by atoms with E-state index in [0.29, 0.717) is 0 Å². The van der Waals surface area contributed by atoms with Gasteiger partial charge in [0.15, 0.2) is 0 Å². The summed E-state index contributed by atoms with van der Waals surface area (Å²) in [6.45, 7) is 3.12. The molecule has 0 aromatic carbocycles. The van der Waals surface area contributed by atoms with E-state index in [1.54, 1.807) is 11.3 Å². The second-order valence-electron chi connectivity index (χ2n) is 3.41. The molecule has 0 unspecified atom stereocenters. The van der Waals surface area contributed by atoms with Crippen molar-refractivity contribution in [2.24, 2.45) is 0 Å². The molecule has 2 nitrogen and oxygen atoms in total. The van der Waals surface area contributed by atoms with E-state index in [1.165, 1.54) is 15.4 Å². The summed E-state index contributed by atoms with van der Waals surface area (Å²) >= 11 is 3.55. The predicted molar refractivity (Wildman–Crippen MR) is 67.8 cm³/mol. The molecule has 0 saturated heterocycles. The summed E-state index contributed by atoms with van der Waals surface area (Å²) < 4.78 is 0. The maximum absolute atomic E-state index is 4.62. The van der Waals surface area contributed by atoms with Gasteiger partial charge in [-0.25, -0.2) is 4.98 Å². The highest BCUT2D eigenvalue weighted by Gasteiger charge is 2.06. The van der Waals surface area contributed by atoms with Crippen LogP contribution in [0.5, 0.6) is 0 Å². The van der Waals surface area contributed by atoms with Crippen molar-refractivity contribution in [3.8, 4) is 9.88 Å². The standard InChI is InChI=1S/C11H14N2S2/c1-8-3-4-10(15-8)11-13-9(7-14-11)5-6-12-2/h3-4,7,12H,5-6H2,1-2H3. The fourth-order valence-electron chi connectivity index (χ4n) is 1.34. The number of thiazole rings is 1. The van der Waals surface area contributed by atoms with Crippen molar-refractivity contribution in [3.63, 3.8) is 0 Å². The highest BCUT2D eigenvalue weighted by molar-refractivity contribution is 7.21. The Morgan fingerprint density at radius 3 is 2.93 bits per heavy atom. The first-order valence-corrected chi connectivity index (χ1v) is 6.65. The number of nitrogens with one attached hydrogen (secondary N) is 1. The van der Waals surface area contributed by atoms with Crippen molar-refractivity contribution in [2.45, 2.75) is 13.3 Å². The topological polar surface area (TPSA) is 24.9 Å². The summed E-state index contributed by atoms with van der Waals surface area (Å²) in [6, 6.07) is 4.30. The average Bonchev–Trinajstić information content (AvgIpc) is 2.83. The van der Waals surface area contributed by atoms with Crippen molar-refractivity contribution in [1.29, 1.82) is 0 Å². The van der Waals surface area contributed by atoms with Gasteiger partial charge in [-0.3, -0.25) is 0 Å². The van der Waals surface area contributed by atoms with Gasteiger partial charge in [-0.15, -0.1) is 22.7 Å². The van der Waals surface area contributed by atoms with Gasteiger partial charge in [0.05, 0.1) is 10.6 Å². The number of likely N-dealkylation sites (N-methyl/N-ethyl adjacent to an activating group) is 1. The molecule has 1 N–H and O–H groups in total. The number of hydrogen-bond acceptors (Lipinski definition) is 4. The summed E-state index contributed by atoms with van der Waals surface area (Å²) in [6.07, 6.45) is 1.01. The zero-order chi connectivity index (χ0) is 10.7. The molecule has 0 aliphatic rings. The van der Waals surface area contributed by atoms with E-state index >= 15 is 0 Å². The molecule has 80 valence electrons. The summed E-state index contributed by atoms with van der Waals surface area (Å²) in [5, 5.41) is 6.44. The molecular weight excluding hydrogens is 224 g/mol. The molecule has 2 heterocycles. The lowest BCUT2D eigenvalue weighted by Gasteiger charge is -1.93. The van der Waals surface area contributed by atoms with E-state index in [4.69, 9.17) is 0 Å². The van der Waals surface area contributed by atoms with Gasteiger partial charge in [-0.2, -0.15) is 0 Å². The zero-order valence-corrected chi connectivity index (χ0v) is 10.5. The Morgan fingerprint density at radius 1 is 1.40 bits per heavy atom. The van der Waals surface area contributed by atoms with Crippen LogP contribution in [0.25, 0.3) is 9.88 Å². The van der Waals surface area contributed by atoms with Gasteiger partial charge in [-0.05, 0) is 26.1 Å². The maximum Gasteiger partial charge on any atom is 0.133 e. The molecule has 0 atom stereocenters. The molecule has 0 amide bonds. The second-order valence-corrected chi connectivity index (χ2v) is 5.55. The van der Waals surface area contributed by atoms with Crippen LogP contribution < -0.4 is 5.32 Å². The second kappa shape index (κ2) is 4.88. The maximum atomic E-state index is 4.62. The van der Waals surface area contributed by atoms with Crippen LogP contribution in [0.3, 0.4) is 0 Å². The predicted octanol–water partition coefficient (Wildman–Crippen LogP) is 2.94. The smallest absolute Gasteiger partial charge is 0.133 e. The first kappa shape index (κ1) is 10.8. The minimum absolute atomic E-state index is 0.993. The van der Waals surface area contributed by atoms with Crippen molar-refractivity contribution in [1.82, 2.24) is 10.3 Å². The Bertz CT molecular complexity index is 431. The fraction of sp³-hybridized carbons (Fsp3) is 0.364. The number of aryl methyl sites for hydroxylation is 1. The van der Waals surface area contributed by atoms with Crippen LogP contribution in [-0.2, 0) is 6.42 Å².